The summed E-state index contributed by atoms with van der Waals surface area (Å²) in [4.78, 5) is 0. The highest BCUT2D eigenvalue weighted by Gasteiger charge is 2.20. The number of halogens is 1. The molecule has 0 amide bonds. The van der Waals surface area contributed by atoms with Crippen molar-refractivity contribution < 1.29 is 5.11 Å². The molecule has 0 bridgehead atoms. The fourth-order valence-corrected chi connectivity index (χ4v) is 3.31. The Kier molecular flexibility index (Phi) is 4.22. The molecule has 0 atom stereocenters. The molecule has 0 aliphatic rings. The minimum atomic E-state index is -1.30. The van der Waals surface area contributed by atoms with E-state index in [1.54, 1.807) is 0 Å². The van der Waals surface area contributed by atoms with Crippen molar-refractivity contribution >= 4 is 24.0 Å². The van der Waals surface area contributed by atoms with E-state index in [1.807, 2.05) is 28.9 Å². The monoisotopic (exact) mass is 339 g/mol. The van der Waals surface area contributed by atoms with Crippen LogP contribution in [0.2, 0.25) is 19.6 Å². The van der Waals surface area contributed by atoms with Crippen molar-refractivity contribution in [2.75, 3.05) is 0 Å². The molecule has 1 aromatic heterocycles. The lowest BCUT2D eigenvalue weighted by Gasteiger charge is -2.16. The molecule has 0 unspecified atom stereocenters. The summed E-state index contributed by atoms with van der Waals surface area (Å²) in [5, 5.41) is 18.0. The maximum absolute atomic E-state index is 9.61. The summed E-state index contributed by atoms with van der Waals surface area (Å²) in [6.07, 6.45) is 0.867. The third-order valence-electron chi connectivity index (χ3n) is 2.73. The van der Waals surface area contributed by atoms with E-state index < -0.39 is 8.07 Å². The molecule has 0 saturated carbocycles. The summed E-state index contributed by atoms with van der Waals surface area (Å²) in [6.45, 7) is 6.78. The standard InChI is InChI=1S/C13H18BrN3OSi/c1-19(2,3)9-17-12(8-18)13(15-16-17)10-4-6-11(14)7-5-10/h4-7,18H,8-9H2,1-3H3. The molecule has 6 heteroatoms. The zero-order valence-corrected chi connectivity index (χ0v) is 14.0. The third kappa shape index (κ3) is 3.52. The minimum absolute atomic E-state index is 0.0388. The van der Waals surface area contributed by atoms with Crippen LogP contribution < -0.4 is 0 Å². The van der Waals surface area contributed by atoms with Gasteiger partial charge in [-0.3, -0.25) is 0 Å². The predicted octanol–water partition coefficient (Wildman–Crippen LogP) is 3.08. The van der Waals surface area contributed by atoms with Crippen molar-refractivity contribution in [3.8, 4) is 11.3 Å². The van der Waals surface area contributed by atoms with Gasteiger partial charge >= 0.3 is 0 Å². The van der Waals surface area contributed by atoms with Crippen molar-refractivity contribution in [3.05, 3.63) is 34.4 Å². The molecular weight excluding hydrogens is 322 g/mol. The fourth-order valence-electron chi connectivity index (χ4n) is 1.90. The van der Waals surface area contributed by atoms with Crippen LogP contribution in [0.4, 0.5) is 0 Å². The van der Waals surface area contributed by atoms with Crippen LogP contribution >= 0.6 is 15.9 Å². The van der Waals surface area contributed by atoms with Crippen LogP contribution in [-0.2, 0) is 12.8 Å². The number of hydrogen-bond donors (Lipinski definition) is 1. The van der Waals surface area contributed by atoms with E-state index in [-0.39, 0.29) is 6.61 Å². The molecular formula is C13H18BrN3OSi. The molecule has 1 aromatic carbocycles. The second-order valence-electron chi connectivity index (χ2n) is 5.77. The fraction of sp³-hybridized carbons (Fsp3) is 0.385. The van der Waals surface area contributed by atoms with Crippen molar-refractivity contribution in [1.29, 1.82) is 0 Å². The lowest BCUT2D eigenvalue weighted by atomic mass is 10.1. The van der Waals surface area contributed by atoms with Gasteiger partial charge in [-0.2, -0.15) is 0 Å². The Bertz CT molecular complexity index is 560. The van der Waals surface area contributed by atoms with Gasteiger partial charge in [-0.05, 0) is 12.1 Å². The molecule has 4 nitrogen and oxygen atoms in total. The predicted molar refractivity (Wildman–Crippen MR) is 82.4 cm³/mol. The topological polar surface area (TPSA) is 50.9 Å². The highest BCUT2D eigenvalue weighted by atomic mass is 79.9. The van der Waals surface area contributed by atoms with Crippen molar-refractivity contribution in [3.63, 3.8) is 0 Å². The van der Waals surface area contributed by atoms with E-state index in [0.29, 0.717) is 0 Å². The Morgan fingerprint density at radius 2 is 1.84 bits per heavy atom. The van der Waals surface area contributed by atoms with Gasteiger partial charge in [0.05, 0.1) is 20.4 Å². The van der Waals surface area contributed by atoms with Gasteiger partial charge in [0.2, 0.25) is 0 Å². The first kappa shape index (κ1) is 14.4. The Labute approximate surface area is 122 Å². The van der Waals surface area contributed by atoms with E-state index in [0.717, 1.165) is 27.6 Å². The quantitative estimate of drug-likeness (QED) is 0.871. The van der Waals surface area contributed by atoms with Gasteiger partial charge in [-0.25, -0.2) is 4.68 Å². The second kappa shape index (κ2) is 5.56. The van der Waals surface area contributed by atoms with Crippen LogP contribution in [0.25, 0.3) is 11.3 Å². The van der Waals surface area contributed by atoms with Crippen molar-refractivity contribution in [2.24, 2.45) is 0 Å². The second-order valence-corrected chi connectivity index (χ2v) is 12.1. The molecule has 0 radical (unpaired) electrons. The molecule has 19 heavy (non-hydrogen) atoms. The van der Waals surface area contributed by atoms with E-state index in [1.165, 1.54) is 0 Å². The summed E-state index contributed by atoms with van der Waals surface area (Å²) in [7, 11) is -1.30. The smallest absolute Gasteiger partial charge is 0.118 e. The van der Waals surface area contributed by atoms with Crippen LogP contribution in [0.15, 0.2) is 28.7 Å². The number of nitrogens with zero attached hydrogens (tertiary/aromatic N) is 3. The molecule has 0 fully saturated rings. The molecule has 1 heterocycles. The van der Waals surface area contributed by atoms with Crippen molar-refractivity contribution in [2.45, 2.75) is 32.4 Å². The summed E-state index contributed by atoms with van der Waals surface area (Å²) in [5.41, 5.74) is 2.55. The number of rotatable bonds is 4. The van der Waals surface area contributed by atoms with Gasteiger partial charge in [0.1, 0.15) is 5.69 Å². The zero-order chi connectivity index (χ0) is 14.0. The minimum Gasteiger partial charge on any atom is -0.390 e. The maximum Gasteiger partial charge on any atom is 0.118 e. The van der Waals surface area contributed by atoms with E-state index in [9.17, 15) is 5.11 Å². The number of aliphatic hydroxyl groups excluding tert-OH is 1. The molecule has 0 aliphatic heterocycles. The Balaban J connectivity index is 2.39. The number of hydrogen-bond acceptors (Lipinski definition) is 3. The number of benzene rings is 1. The average molecular weight is 340 g/mol. The highest BCUT2D eigenvalue weighted by Crippen LogP contribution is 2.24. The lowest BCUT2D eigenvalue weighted by molar-refractivity contribution is 0.270. The number of aliphatic hydroxyl groups is 1. The van der Waals surface area contributed by atoms with Crippen LogP contribution in [0, 0.1) is 0 Å². The van der Waals surface area contributed by atoms with Crippen LogP contribution in [0.3, 0.4) is 0 Å². The molecule has 2 aromatic rings. The largest absolute Gasteiger partial charge is 0.390 e. The van der Waals surface area contributed by atoms with E-state index >= 15 is 0 Å². The normalized spacial score (nSPS) is 11.8. The first-order chi connectivity index (χ1) is 8.90. The van der Waals surface area contributed by atoms with Crippen molar-refractivity contribution in [1.82, 2.24) is 15.0 Å². The molecule has 0 spiro atoms. The molecule has 2 rings (SSSR count). The molecule has 102 valence electrons. The summed E-state index contributed by atoms with van der Waals surface area (Å²) < 4.78 is 2.88. The first-order valence-corrected chi connectivity index (χ1v) is 10.7. The van der Waals surface area contributed by atoms with Gasteiger partial charge in [-0.1, -0.05) is 52.9 Å². The first-order valence-electron chi connectivity index (χ1n) is 6.20. The number of aromatic nitrogens is 3. The zero-order valence-electron chi connectivity index (χ0n) is 11.4. The Hall–Kier alpha value is -0.983. The van der Waals surface area contributed by atoms with Crippen LogP contribution in [-0.4, -0.2) is 28.2 Å². The maximum atomic E-state index is 9.61. The van der Waals surface area contributed by atoms with E-state index in [2.05, 4.69) is 45.9 Å². The molecule has 0 aliphatic carbocycles. The highest BCUT2D eigenvalue weighted by molar-refractivity contribution is 9.10. The van der Waals surface area contributed by atoms with Gasteiger partial charge < -0.3 is 5.11 Å². The van der Waals surface area contributed by atoms with Gasteiger partial charge in [0, 0.05) is 16.2 Å². The van der Waals surface area contributed by atoms with Crippen LogP contribution in [0.1, 0.15) is 5.69 Å². The third-order valence-corrected chi connectivity index (χ3v) is 4.51. The summed E-state index contributed by atoms with van der Waals surface area (Å²) in [5.74, 6) is 0. The molecule has 0 saturated heterocycles. The summed E-state index contributed by atoms with van der Waals surface area (Å²) in [6, 6.07) is 7.89. The summed E-state index contributed by atoms with van der Waals surface area (Å²) >= 11 is 3.41. The van der Waals surface area contributed by atoms with Gasteiger partial charge in [0.15, 0.2) is 0 Å². The van der Waals surface area contributed by atoms with Gasteiger partial charge in [-0.15, -0.1) is 5.10 Å². The average Bonchev–Trinajstić information content (AvgIpc) is 2.70. The lowest BCUT2D eigenvalue weighted by Crippen LogP contribution is -2.29. The van der Waals surface area contributed by atoms with Gasteiger partial charge in [0.25, 0.3) is 0 Å². The molecule has 1 N–H and O–H groups in total. The Morgan fingerprint density at radius 3 is 2.37 bits per heavy atom. The van der Waals surface area contributed by atoms with Crippen LogP contribution in [0.5, 0.6) is 0 Å². The Morgan fingerprint density at radius 1 is 1.21 bits per heavy atom. The van der Waals surface area contributed by atoms with E-state index in [4.69, 9.17) is 0 Å². The SMILES string of the molecule is C[Si](C)(C)Cn1nnc(-c2ccc(Br)cc2)c1CO.